The third-order valence-electron chi connectivity index (χ3n) is 13.0. The fourth-order valence-electron chi connectivity index (χ4n) is 7.68. The van der Waals surface area contributed by atoms with Crippen LogP contribution in [0.1, 0.15) is 151 Å². The summed E-state index contributed by atoms with van der Waals surface area (Å²) in [4.78, 5) is 73.5. The number of phenolic OH excluding ortho intramolecular Hbond substituents is 2. The van der Waals surface area contributed by atoms with Crippen LogP contribution in [0.4, 0.5) is 13.2 Å². The predicted molar refractivity (Wildman–Crippen MR) is 329 cm³/mol. The van der Waals surface area contributed by atoms with Crippen molar-refractivity contribution in [2.75, 3.05) is 27.3 Å². The van der Waals surface area contributed by atoms with Crippen molar-refractivity contribution in [2.45, 2.75) is 108 Å². The average molecular weight is 1250 g/mol. The molecule has 19 nitrogen and oxygen atoms in total. The van der Waals surface area contributed by atoms with Gasteiger partial charge in [0.25, 0.3) is 11.8 Å². The van der Waals surface area contributed by atoms with E-state index in [1.807, 2.05) is 85.7 Å². The number of benzene rings is 6. The molecule has 1 heterocycles. The van der Waals surface area contributed by atoms with Gasteiger partial charge in [0.2, 0.25) is 0 Å². The fourth-order valence-corrected chi connectivity index (χ4v) is 8.15. The summed E-state index contributed by atoms with van der Waals surface area (Å²) in [5.74, 6) is -3.14. The molecule has 0 saturated carbocycles. The molecule has 24 heteroatoms. The minimum absolute atomic E-state index is 0. The lowest BCUT2D eigenvalue weighted by Gasteiger charge is -2.32. The van der Waals surface area contributed by atoms with Crippen LogP contribution in [0.5, 0.6) is 28.7 Å². The third kappa shape index (κ3) is 19.9. The summed E-state index contributed by atoms with van der Waals surface area (Å²) in [5, 5.41) is 25.6. The van der Waals surface area contributed by atoms with E-state index in [1.54, 1.807) is 42.5 Å². The van der Waals surface area contributed by atoms with E-state index in [0.29, 0.717) is 53.4 Å². The first-order chi connectivity index (χ1) is 40.0. The number of carbonyl (C=O) groups excluding carboxylic acids is 6. The Balaban J connectivity index is 0.000000456. The molecule has 1 fully saturated rings. The number of aromatic hydroxyl groups is 2. The summed E-state index contributed by atoms with van der Waals surface area (Å²) in [6, 6.07) is 30.6. The van der Waals surface area contributed by atoms with Crippen LogP contribution in [0.15, 0.2) is 121 Å². The van der Waals surface area contributed by atoms with Gasteiger partial charge < -0.3 is 53.3 Å². The van der Waals surface area contributed by atoms with Gasteiger partial charge in [-0.2, -0.15) is 21.6 Å². The van der Waals surface area contributed by atoms with Crippen molar-refractivity contribution < 1.29 is 93.0 Å². The maximum absolute atomic E-state index is 13.1. The Hall–Kier alpha value is -8.74. The second-order valence-corrected chi connectivity index (χ2v) is 22.4. The molecule has 476 valence electrons. The normalized spacial score (nSPS) is 12.8. The Morgan fingerprint density at radius 3 is 1.44 bits per heavy atom. The zero-order chi connectivity index (χ0) is 63.0. The number of methoxy groups -OCH3 is 2. The Bertz CT molecular complexity index is 3450. The van der Waals surface area contributed by atoms with Crippen molar-refractivity contribution in [3.8, 4) is 39.9 Å². The van der Waals surface area contributed by atoms with Gasteiger partial charge in [0.05, 0.1) is 31.0 Å². The molecule has 6 aromatic carbocycles. The maximum atomic E-state index is 13.1. The topological polar surface area (TPSA) is 266 Å². The van der Waals surface area contributed by atoms with E-state index in [0.717, 1.165) is 23.8 Å². The lowest BCUT2D eigenvalue weighted by molar-refractivity contribution is -0.0500. The zero-order valence-electron chi connectivity index (χ0n) is 48.3. The average Bonchev–Trinajstić information content (AvgIpc) is 3.98. The summed E-state index contributed by atoms with van der Waals surface area (Å²) in [6.45, 7) is 16.0. The molecule has 4 N–H and O–H groups in total. The highest BCUT2D eigenvalue weighted by atomic mass is 32.2. The van der Waals surface area contributed by atoms with Crippen LogP contribution in [0.2, 0.25) is 0 Å². The molecular weight excluding hydrogens is 1170 g/mol. The molecule has 7 rings (SSSR count). The summed E-state index contributed by atoms with van der Waals surface area (Å²) < 4.78 is 97.5. The smallest absolute Gasteiger partial charge is 0.504 e. The second-order valence-electron chi connectivity index (χ2n) is 20.9. The highest BCUT2D eigenvalue weighted by Gasteiger charge is 2.52. The van der Waals surface area contributed by atoms with Crippen molar-refractivity contribution in [3.63, 3.8) is 0 Å². The van der Waals surface area contributed by atoms with Gasteiger partial charge >= 0.3 is 34.7 Å². The number of amides is 2. The molecule has 0 unspecified atom stereocenters. The van der Waals surface area contributed by atoms with E-state index in [1.165, 1.54) is 44.6 Å². The lowest BCUT2D eigenvalue weighted by Crippen LogP contribution is -2.41. The maximum Gasteiger partial charge on any atom is 0.534 e. The van der Waals surface area contributed by atoms with Crippen LogP contribution in [-0.4, -0.2) is 106 Å². The molecular formula is C64H78BF3N2O17S. The molecule has 1 saturated heterocycles. The predicted octanol–water partition coefficient (Wildman–Crippen LogP) is 11.7. The number of nitrogens with one attached hydrogen (secondary N) is 2. The van der Waals surface area contributed by atoms with Crippen LogP contribution in [-0.2, 0) is 42.1 Å². The van der Waals surface area contributed by atoms with Crippen molar-refractivity contribution in [2.24, 2.45) is 11.8 Å². The summed E-state index contributed by atoms with van der Waals surface area (Å²) in [7, 11) is -3.93. The molecule has 0 aromatic heterocycles. The lowest BCUT2D eigenvalue weighted by atomic mass is 9.76. The van der Waals surface area contributed by atoms with E-state index in [-0.39, 0.29) is 98.5 Å². The molecule has 0 bridgehead atoms. The van der Waals surface area contributed by atoms with Crippen molar-refractivity contribution >= 4 is 59.0 Å². The highest BCUT2D eigenvalue weighted by Crippen LogP contribution is 2.39. The highest BCUT2D eigenvalue weighted by molar-refractivity contribution is 7.88. The molecule has 0 aliphatic carbocycles. The number of hydrogen-bond donors (Lipinski definition) is 4. The summed E-state index contributed by atoms with van der Waals surface area (Å²) >= 11 is 0. The monoisotopic (exact) mass is 1250 g/mol. The van der Waals surface area contributed by atoms with Gasteiger partial charge in [-0.3, -0.25) is 19.2 Å². The SMILES string of the molecule is C.C.C.CC(C)CNC(=O)c1ccc(OS(=O)(=O)C(F)(F)F)c(C(=O)OCc2ccccc2)c1.COc1cc(C=O)c(-c2ccc(C(=O)NCC(C)C)cc2C(=O)OCc2ccccc2)cc1O.COc1cc(C=O)c(B2OC(C)(C)C(C)(C)O2)cc1O. The number of rotatable bonds is 20. The largest absolute Gasteiger partial charge is 0.534 e. The number of aldehydes is 2. The zero-order valence-corrected chi connectivity index (χ0v) is 49.1. The number of hydrogen-bond acceptors (Lipinski definition) is 17. The van der Waals surface area contributed by atoms with Gasteiger partial charge in [-0.05, 0) is 122 Å². The number of halogens is 3. The summed E-state index contributed by atoms with van der Waals surface area (Å²) in [6.07, 6.45) is 1.31. The number of carbonyl (C=O) groups is 6. The first-order valence-electron chi connectivity index (χ1n) is 26.3. The number of ether oxygens (including phenoxy) is 4. The molecule has 0 radical (unpaired) electrons. The fraction of sp³-hybridized carbons (Fsp3) is 0.344. The van der Waals surface area contributed by atoms with Crippen LogP contribution in [0.25, 0.3) is 11.1 Å². The Kier molecular flexibility index (Phi) is 28.1. The van der Waals surface area contributed by atoms with E-state index >= 15 is 0 Å². The van der Waals surface area contributed by atoms with E-state index in [9.17, 15) is 60.6 Å². The first-order valence-corrected chi connectivity index (χ1v) is 27.7. The molecule has 88 heavy (non-hydrogen) atoms. The van der Waals surface area contributed by atoms with Gasteiger partial charge in [-0.25, -0.2) is 9.59 Å². The van der Waals surface area contributed by atoms with E-state index in [2.05, 4.69) is 14.8 Å². The van der Waals surface area contributed by atoms with Gasteiger partial charge in [0.1, 0.15) is 25.1 Å². The number of phenols is 2. The first kappa shape index (κ1) is 75.4. The van der Waals surface area contributed by atoms with Crippen LogP contribution in [0.3, 0.4) is 0 Å². The van der Waals surface area contributed by atoms with Crippen LogP contribution >= 0.6 is 0 Å². The number of alkyl halides is 3. The minimum atomic E-state index is -6.04. The van der Waals surface area contributed by atoms with E-state index < -0.39 is 63.1 Å². The van der Waals surface area contributed by atoms with Gasteiger partial charge in [0.15, 0.2) is 35.0 Å². The van der Waals surface area contributed by atoms with Crippen molar-refractivity contribution in [1.82, 2.24) is 10.6 Å². The van der Waals surface area contributed by atoms with E-state index in [4.69, 9.17) is 28.3 Å². The summed E-state index contributed by atoms with van der Waals surface area (Å²) in [5.41, 5.74) is -3.92. The molecule has 0 spiro atoms. The molecule has 1 aliphatic rings. The number of esters is 2. The van der Waals surface area contributed by atoms with Gasteiger partial charge in [-0.1, -0.05) is 117 Å². The van der Waals surface area contributed by atoms with Gasteiger partial charge in [0, 0.05) is 35.3 Å². The van der Waals surface area contributed by atoms with Crippen LogP contribution < -0.4 is 29.8 Å². The molecule has 1 aliphatic heterocycles. The second kappa shape index (κ2) is 32.8. The molecule has 0 atom stereocenters. The Morgan fingerprint density at radius 1 is 0.591 bits per heavy atom. The minimum Gasteiger partial charge on any atom is -0.504 e. The quantitative estimate of drug-likeness (QED) is 0.0182. The molecule has 2 amide bonds. The van der Waals surface area contributed by atoms with Crippen molar-refractivity contribution in [1.29, 1.82) is 0 Å². The Morgan fingerprint density at radius 2 is 1.01 bits per heavy atom. The van der Waals surface area contributed by atoms with Crippen molar-refractivity contribution in [3.05, 3.63) is 166 Å². The van der Waals surface area contributed by atoms with Gasteiger partial charge in [-0.15, -0.1) is 0 Å². The Labute approximate surface area is 513 Å². The standard InChI is InChI=1S/C27H27NO6.C20H20F3NO6S.C14H19BO5.3CH4/c1-17(2)14-28-26(31)19-9-10-21(22-13-24(30)25(33-3)12-20(22)15-29)23(11-19)27(32)34-16-18-7-5-4-6-8-18;1-13(2)11-24-18(25)15-8-9-17(30-31(27,28)20(21,22)23)16(10-15)19(26)29-12-14-6-4-3-5-7-14;1-13(2)14(3,4)20-15(19-13)10-7-11(17)12(18-5)6-9(10)8-16;;;/h4-13,15,17,30H,14,16H2,1-3H3,(H,28,31);3-10,13H,11-12H2,1-2H3,(H,24,25);6-8,17H,1-5H3;3*1H4. The van der Waals surface area contributed by atoms with Crippen LogP contribution in [0, 0.1) is 11.8 Å². The third-order valence-corrected chi connectivity index (χ3v) is 14.0. The molecule has 6 aromatic rings.